The van der Waals surface area contributed by atoms with Gasteiger partial charge < -0.3 is 5.73 Å². The Kier molecular flexibility index (Phi) is 1.76. The van der Waals surface area contributed by atoms with Gasteiger partial charge in [0.1, 0.15) is 0 Å². The minimum Gasteiger partial charge on any atom is -0.327 e. The van der Waals surface area contributed by atoms with Crippen molar-refractivity contribution < 1.29 is 0 Å². The Labute approximate surface area is 68.7 Å². The second-order valence-electron chi connectivity index (χ2n) is 4.11. The Morgan fingerprint density at radius 3 is 2.55 bits per heavy atom. The van der Waals surface area contributed by atoms with E-state index >= 15 is 0 Å². The fourth-order valence-corrected chi connectivity index (χ4v) is 2.39. The van der Waals surface area contributed by atoms with Crippen LogP contribution in [0.4, 0.5) is 0 Å². The van der Waals surface area contributed by atoms with Crippen LogP contribution in [0.25, 0.3) is 0 Å². The number of rotatable bonds is 0. The molecule has 0 heterocycles. The quantitative estimate of drug-likeness (QED) is 0.528. The maximum Gasteiger partial charge on any atom is 0.0105 e. The number of hydrogen-bond donors (Lipinski definition) is 1. The molecule has 0 aromatic carbocycles. The lowest BCUT2D eigenvalue weighted by Gasteiger charge is -2.27. The van der Waals surface area contributed by atoms with Crippen LogP contribution in [0.3, 0.4) is 0 Å². The summed E-state index contributed by atoms with van der Waals surface area (Å²) in [4.78, 5) is 0. The van der Waals surface area contributed by atoms with E-state index in [1.165, 1.54) is 32.1 Å². The van der Waals surface area contributed by atoms with Crippen molar-refractivity contribution in [2.45, 2.75) is 45.1 Å². The van der Waals surface area contributed by atoms with Gasteiger partial charge in [-0.2, -0.15) is 0 Å². The summed E-state index contributed by atoms with van der Waals surface area (Å²) in [5, 5.41) is 0. The zero-order valence-electron chi connectivity index (χ0n) is 7.27. The Morgan fingerprint density at radius 1 is 1.18 bits per heavy atom. The Bertz CT molecular complexity index is 173. The van der Waals surface area contributed by atoms with Crippen molar-refractivity contribution in [2.75, 3.05) is 0 Å². The van der Waals surface area contributed by atoms with E-state index in [0.717, 1.165) is 5.92 Å². The van der Waals surface area contributed by atoms with E-state index in [1.807, 2.05) is 0 Å². The molecule has 0 bridgehead atoms. The highest BCUT2D eigenvalue weighted by Crippen LogP contribution is 2.38. The highest BCUT2D eigenvalue weighted by molar-refractivity contribution is 5.24. The Balaban J connectivity index is 2.16. The average molecular weight is 151 g/mol. The fraction of sp³-hybridized carbons (Fsp3) is 0.800. The molecule has 62 valence electrons. The van der Waals surface area contributed by atoms with E-state index in [9.17, 15) is 0 Å². The lowest BCUT2D eigenvalue weighted by atomic mass is 9.83. The smallest absolute Gasteiger partial charge is 0.0105 e. The lowest BCUT2D eigenvalue weighted by molar-refractivity contribution is 0.422. The molecule has 0 amide bonds. The van der Waals surface area contributed by atoms with Crippen molar-refractivity contribution in [3.05, 3.63) is 11.1 Å². The first kappa shape index (κ1) is 7.35. The second kappa shape index (κ2) is 2.63. The summed E-state index contributed by atoms with van der Waals surface area (Å²) in [5.41, 5.74) is 9.45. The van der Waals surface area contributed by atoms with E-state index in [1.54, 1.807) is 11.1 Å². The predicted octanol–water partition coefficient (Wildman–Crippen LogP) is 2.22. The van der Waals surface area contributed by atoms with Crippen molar-refractivity contribution in [3.8, 4) is 0 Å². The Hall–Kier alpha value is -0.300. The van der Waals surface area contributed by atoms with Crippen LogP contribution in [0.15, 0.2) is 11.1 Å². The van der Waals surface area contributed by atoms with E-state index in [4.69, 9.17) is 5.73 Å². The first-order valence-corrected chi connectivity index (χ1v) is 4.72. The molecular weight excluding hydrogens is 134 g/mol. The van der Waals surface area contributed by atoms with Gasteiger partial charge in [0.15, 0.2) is 0 Å². The van der Waals surface area contributed by atoms with Crippen molar-refractivity contribution in [3.63, 3.8) is 0 Å². The van der Waals surface area contributed by atoms with Crippen LogP contribution >= 0.6 is 0 Å². The van der Waals surface area contributed by atoms with E-state index < -0.39 is 0 Å². The van der Waals surface area contributed by atoms with Gasteiger partial charge >= 0.3 is 0 Å². The minimum atomic E-state index is 0.451. The van der Waals surface area contributed by atoms with Gasteiger partial charge in [0.05, 0.1) is 0 Å². The molecule has 2 rings (SSSR count). The summed E-state index contributed by atoms with van der Waals surface area (Å²) in [6, 6.07) is 0.451. The molecule has 0 aromatic rings. The zero-order valence-corrected chi connectivity index (χ0v) is 7.27. The SMILES string of the molecule is CC1CC2=C(CCC2)CC1N. The van der Waals surface area contributed by atoms with Gasteiger partial charge in [-0.15, -0.1) is 0 Å². The summed E-state index contributed by atoms with van der Waals surface area (Å²) < 4.78 is 0. The normalized spacial score (nSPS) is 37.6. The highest BCUT2D eigenvalue weighted by atomic mass is 14.7. The van der Waals surface area contributed by atoms with Gasteiger partial charge in [-0.25, -0.2) is 0 Å². The standard InChI is InChI=1S/C10H17N/c1-7-5-8-3-2-4-9(8)6-10(7)11/h7,10H,2-6,11H2,1H3. The van der Waals surface area contributed by atoms with Gasteiger partial charge in [-0.05, 0) is 38.0 Å². The maximum atomic E-state index is 6.00. The van der Waals surface area contributed by atoms with Gasteiger partial charge in [-0.3, -0.25) is 0 Å². The molecule has 0 aromatic heterocycles. The van der Waals surface area contributed by atoms with Crippen molar-refractivity contribution in [1.29, 1.82) is 0 Å². The molecule has 1 nitrogen and oxygen atoms in total. The minimum absolute atomic E-state index is 0.451. The molecule has 0 saturated carbocycles. The third-order valence-corrected chi connectivity index (χ3v) is 3.24. The molecule has 2 N–H and O–H groups in total. The van der Waals surface area contributed by atoms with Crippen molar-refractivity contribution in [2.24, 2.45) is 11.7 Å². The average Bonchev–Trinajstić information content (AvgIpc) is 2.36. The fourth-order valence-electron chi connectivity index (χ4n) is 2.39. The largest absolute Gasteiger partial charge is 0.327 e. The van der Waals surface area contributed by atoms with Crippen LogP contribution in [-0.2, 0) is 0 Å². The lowest BCUT2D eigenvalue weighted by Crippen LogP contribution is -2.31. The number of hydrogen-bond acceptors (Lipinski definition) is 1. The van der Waals surface area contributed by atoms with Crippen LogP contribution in [0.5, 0.6) is 0 Å². The molecule has 0 fully saturated rings. The number of allylic oxidation sites excluding steroid dienone is 1. The van der Waals surface area contributed by atoms with Gasteiger partial charge in [0.2, 0.25) is 0 Å². The maximum absolute atomic E-state index is 6.00. The molecule has 2 unspecified atom stereocenters. The molecule has 2 aliphatic rings. The van der Waals surface area contributed by atoms with Crippen molar-refractivity contribution in [1.82, 2.24) is 0 Å². The second-order valence-corrected chi connectivity index (χ2v) is 4.11. The van der Waals surface area contributed by atoms with E-state index in [2.05, 4.69) is 6.92 Å². The van der Waals surface area contributed by atoms with Gasteiger partial charge in [0.25, 0.3) is 0 Å². The predicted molar refractivity (Wildman–Crippen MR) is 47.3 cm³/mol. The molecular formula is C10H17N. The number of nitrogens with two attached hydrogens (primary N) is 1. The topological polar surface area (TPSA) is 26.0 Å². The third kappa shape index (κ3) is 1.22. The summed E-state index contributed by atoms with van der Waals surface area (Å²) in [7, 11) is 0. The summed E-state index contributed by atoms with van der Waals surface area (Å²) in [5.74, 6) is 0.729. The van der Waals surface area contributed by atoms with Crippen LogP contribution in [0.2, 0.25) is 0 Å². The summed E-state index contributed by atoms with van der Waals surface area (Å²) in [6.07, 6.45) is 6.58. The molecule has 1 heteroatoms. The van der Waals surface area contributed by atoms with E-state index in [-0.39, 0.29) is 0 Å². The van der Waals surface area contributed by atoms with Crippen LogP contribution in [0.1, 0.15) is 39.0 Å². The van der Waals surface area contributed by atoms with Crippen LogP contribution < -0.4 is 5.73 Å². The van der Waals surface area contributed by atoms with Crippen LogP contribution in [-0.4, -0.2) is 6.04 Å². The zero-order chi connectivity index (χ0) is 7.84. The van der Waals surface area contributed by atoms with Crippen LogP contribution in [0, 0.1) is 5.92 Å². The third-order valence-electron chi connectivity index (χ3n) is 3.24. The molecule has 2 aliphatic carbocycles. The first-order valence-electron chi connectivity index (χ1n) is 4.72. The first-order chi connectivity index (χ1) is 5.27. The molecule has 0 saturated heterocycles. The molecule has 0 aliphatic heterocycles. The molecule has 0 radical (unpaired) electrons. The van der Waals surface area contributed by atoms with Crippen molar-refractivity contribution >= 4 is 0 Å². The van der Waals surface area contributed by atoms with Gasteiger partial charge in [0, 0.05) is 6.04 Å². The summed E-state index contributed by atoms with van der Waals surface area (Å²) >= 11 is 0. The Morgan fingerprint density at radius 2 is 1.82 bits per heavy atom. The summed E-state index contributed by atoms with van der Waals surface area (Å²) in [6.45, 7) is 2.28. The molecule has 11 heavy (non-hydrogen) atoms. The molecule has 2 atom stereocenters. The molecule has 0 spiro atoms. The van der Waals surface area contributed by atoms with E-state index in [0.29, 0.717) is 6.04 Å². The van der Waals surface area contributed by atoms with Gasteiger partial charge in [-0.1, -0.05) is 18.1 Å². The monoisotopic (exact) mass is 151 g/mol. The highest BCUT2D eigenvalue weighted by Gasteiger charge is 2.26.